The predicted octanol–water partition coefficient (Wildman–Crippen LogP) is 2.65. The van der Waals surface area contributed by atoms with Gasteiger partial charge in [0.1, 0.15) is 0 Å². The molecule has 0 aliphatic carbocycles. The second-order valence-corrected chi connectivity index (χ2v) is 6.22. The number of hydrogen-bond acceptors (Lipinski definition) is 3. The van der Waals surface area contributed by atoms with Crippen molar-refractivity contribution in [3.63, 3.8) is 0 Å². The number of rotatable bonds is 4. The average molecular weight is 356 g/mol. The monoisotopic (exact) mass is 355 g/mol. The Kier molecular flexibility index (Phi) is 5.36. The van der Waals surface area contributed by atoms with Crippen molar-refractivity contribution in [3.8, 4) is 0 Å². The molecule has 114 valence electrons. The number of ether oxygens (including phenoxy) is 1. The molecule has 1 atom stereocenters. The van der Waals surface area contributed by atoms with E-state index in [0.29, 0.717) is 29.1 Å². The fourth-order valence-corrected chi connectivity index (χ4v) is 2.97. The molecule has 0 aromatic heterocycles. The minimum absolute atomic E-state index is 0.0992. The van der Waals surface area contributed by atoms with Crippen molar-refractivity contribution >= 4 is 27.8 Å². The van der Waals surface area contributed by atoms with Crippen LogP contribution in [0.5, 0.6) is 0 Å². The number of carboxylic acid groups (broad SMARTS) is 1. The van der Waals surface area contributed by atoms with Crippen LogP contribution in [0, 0.1) is 5.92 Å². The van der Waals surface area contributed by atoms with Crippen molar-refractivity contribution in [1.29, 1.82) is 0 Å². The minimum atomic E-state index is -1.05. The molecule has 1 aromatic carbocycles. The number of halogens is 1. The maximum atomic E-state index is 12.4. The summed E-state index contributed by atoms with van der Waals surface area (Å²) >= 11 is 3.24. The Morgan fingerprint density at radius 2 is 2.10 bits per heavy atom. The van der Waals surface area contributed by atoms with Gasteiger partial charge in [0.25, 0.3) is 5.91 Å². The molecule has 0 bridgehead atoms. The third-order valence-electron chi connectivity index (χ3n) is 3.53. The molecule has 1 heterocycles. The van der Waals surface area contributed by atoms with Gasteiger partial charge >= 0.3 is 5.97 Å². The van der Waals surface area contributed by atoms with Crippen LogP contribution < -0.4 is 0 Å². The summed E-state index contributed by atoms with van der Waals surface area (Å²) in [4.78, 5) is 25.1. The number of amides is 1. The van der Waals surface area contributed by atoms with Gasteiger partial charge in [-0.25, -0.2) is 4.79 Å². The van der Waals surface area contributed by atoms with Crippen molar-refractivity contribution in [3.05, 3.63) is 33.8 Å². The van der Waals surface area contributed by atoms with Gasteiger partial charge in [-0.1, -0.05) is 15.9 Å². The van der Waals surface area contributed by atoms with Crippen LogP contribution in [0.25, 0.3) is 0 Å². The van der Waals surface area contributed by atoms with Crippen molar-refractivity contribution in [2.75, 3.05) is 26.8 Å². The molecule has 1 unspecified atom stereocenters. The van der Waals surface area contributed by atoms with Crippen LogP contribution in [-0.2, 0) is 4.74 Å². The summed E-state index contributed by atoms with van der Waals surface area (Å²) in [6, 6.07) is 4.53. The van der Waals surface area contributed by atoms with Gasteiger partial charge in [0, 0.05) is 30.2 Å². The molecule has 1 amide bonds. The summed E-state index contributed by atoms with van der Waals surface area (Å²) in [5.41, 5.74) is 0.475. The summed E-state index contributed by atoms with van der Waals surface area (Å²) in [5, 5.41) is 9.05. The first-order chi connectivity index (χ1) is 9.97. The van der Waals surface area contributed by atoms with Gasteiger partial charge in [0.15, 0.2) is 0 Å². The summed E-state index contributed by atoms with van der Waals surface area (Å²) in [6.07, 6.45) is 2.07. The lowest BCUT2D eigenvalue weighted by Gasteiger charge is -2.27. The smallest absolute Gasteiger partial charge is 0.335 e. The molecule has 1 aliphatic rings. The molecule has 0 saturated carbocycles. The van der Waals surface area contributed by atoms with Gasteiger partial charge in [0.05, 0.1) is 12.2 Å². The molecule has 1 aromatic rings. The maximum Gasteiger partial charge on any atom is 0.335 e. The zero-order valence-electron chi connectivity index (χ0n) is 11.8. The van der Waals surface area contributed by atoms with Crippen LogP contribution in [0.3, 0.4) is 0 Å². The first-order valence-electron chi connectivity index (χ1n) is 6.84. The van der Waals surface area contributed by atoms with E-state index in [2.05, 4.69) is 15.9 Å². The maximum absolute atomic E-state index is 12.4. The van der Waals surface area contributed by atoms with E-state index in [9.17, 15) is 9.59 Å². The number of nitrogens with zero attached hydrogens (tertiary/aromatic N) is 1. The molecular formula is C15H18BrNO4. The SMILES string of the molecule is CN(CC1CCCOC1)C(=O)c1cc(Br)cc(C(=O)O)c1. The highest BCUT2D eigenvalue weighted by Crippen LogP contribution is 2.19. The van der Waals surface area contributed by atoms with Crippen molar-refractivity contribution in [2.24, 2.45) is 5.92 Å². The van der Waals surface area contributed by atoms with Crippen LogP contribution in [0.15, 0.2) is 22.7 Å². The van der Waals surface area contributed by atoms with E-state index < -0.39 is 5.97 Å². The van der Waals surface area contributed by atoms with E-state index in [0.717, 1.165) is 19.4 Å². The quantitative estimate of drug-likeness (QED) is 0.901. The second kappa shape index (κ2) is 7.04. The molecule has 0 spiro atoms. The van der Waals surface area contributed by atoms with Gasteiger partial charge in [-0.05, 0) is 37.0 Å². The van der Waals surface area contributed by atoms with Gasteiger partial charge in [-0.15, -0.1) is 0 Å². The lowest BCUT2D eigenvalue weighted by Crippen LogP contribution is -2.35. The van der Waals surface area contributed by atoms with E-state index in [1.165, 1.54) is 12.1 Å². The number of carbonyl (C=O) groups is 2. The van der Waals surface area contributed by atoms with Crippen LogP contribution in [-0.4, -0.2) is 48.7 Å². The van der Waals surface area contributed by atoms with Crippen LogP contribution in [0.4, 0.5) is 0 Å². The summed E-state index contributed by atoms with van der Waals surface area (Å²) in [5.74, 6) is -0.878. The van der Waals surface area contributed by atoms with Gasteiger partial charge in [-0.2, -0.15) is 0 Å². The molecular weight excluding hydrogens is 338 g/mol. The Morgan fingerprint density at radius 1 is 1.38 bits per heavy atom. The minimum Gasteiger partial charge on any atom is -0.478 e. The molecule has 5 nitrogen and oxygen atoms in total. The molecule has 2 rings (SSSR count). The Labute approximate surface area is 132 Å². The molecule has 1 aliphatic heterocycles. The Balaban J connectivity index is 2.09. The average Bonchev–Trinajstić information content (AvgIpc) is 2.46. The highest BCUT2D eigenvalue weighted by Gasteiger charge is 2.20. The lowest BCUT2D eigenvalue weighted by atomic mass is 10.0. The van der Waals surface area contributed by atoms with E-state index in [-0.39, 0.29) is 11.5 Å². The van der Waals surface area contributed by atoms with Crippen molar-refractivity contribution in [1.82, 2.24) is 4.90 Å². The number of benzene rings is 1. The Bertz CT molecular complexity index is 540. The van der Waals surface area contributed by atoms with Gasteiger partial charge < -0.3 is 14.7 Å². The number of hydrogen-bond donors (Lipinski definition) is 1. The largest absolute Gasteiger partial charge is 0.478 e. The van der Waals surface area contributed by atoms with E-state index >= 15 is 0 Å². The third-order valence-corrected chi connectivity index (χ3v) is 3.98. The molecule has 21 heavy (non-hydrogen) atoms. The third kappa shape index (κ3) is 4.28. The number of carboxylic acids is 1. The number of carbonyl (C=O) groups excluding carboxylic acids is 1. The Morgan fingerprint density at radius 3 is 2.71 bits per heavy atom. The second-order valence-electron chi connectivity index (χ2n) is 5.30. The predicted molar refractivity (Wildman–Crippen MR) is 81.6 cm³/mol. The van der Waals surface area contributed by atoms with Gasteiger partial charge in [-0.3, -0.25) is 4.79 Å². The highest BCUT2D eigenvalue weighted by atomic mass is 79.9. The first kappa shape index (κ1) is 16.0. The van der Waals surface area contributed by atoms with E-state index in [1.54, 1.807) is 18.0 Å². The molecule has 1 N–H and O–H groups in total. The standard InChI is InChI=1S/C15H18BrNO4/c1-17(8-10-3-2-4-21-9-10)14(18)11-5-12(15(19)20)7-13(16)6-11/h5-7,10H,2-4,8-9H2,1H3,(H,19,20). The fourth-order valence-electron chi connectivity index (χ4n) is 2.48. The molecule has 6 heteroatoms. The van der Waals surface area contributed by atoms with Crippen molar-refractivity contribution in [2.45, 2.75) is 12.8 Å². The van der Waals surface area contributed by atoms with Crippen LogP contribution in [0.1, 0.15) is 33.6 Å². The van der Waals surface area contributed by atoms with Crippen molar-refractivity contribution < 1.29 is 19.4 Å². The normalized spacial score (nSPS) is 18.3. The molecule has 1 saturated heterocycles. The highest BCUT2D eigenvalue weighted by molar-refractivity contribution is 9.10. The zero-order valence-corrected chi connectivity index (χ0v) is 13.4. The van der Waals surface area contributed by atoms with E-state index in [4.69, 9.17) is 9.84 Å². The van der Waals surface area contributed by atoms with Gasteiger partial charge in [0.2, 0.25) is 0 Å². The number of aromatic carboxylic acids is 1. The molecule has 1 fully saturated rings. The van der Waals surface area contributed by atoms with Crippen LogP contribution in [0.2, 0.25) is 0 Å². The summed E-state index contributed by atoms with van der Waals surface area (Å²) in [6.45, 7) is 2.09. The first-order valence-corrected chi connectivity index (χ1v) is 7.64. The zero-order chi connectivity index (χ0) is 15.4. The summed E-state index contributed by atoms with van der Waals surface area (Å²) < 4.78 is 6.00. The molecule has 0 radical (unpaired) electrons. The van der Waals surface area contributed by atoms with Crippen LogP contribution >= 0.6 is 15.9 Å². The topological polar surface area (TPSA) is 66.8 Å². The van der Waals surface area contributed by atoms with E-state index in [1.807, 2.05) is 0 Å². The fraction of sp³-hybridized carbons (Fsp3) is 0.467. The summed E-state index contributed by atoms with van der Waals surface area (Å²) in [7, 11) is 1.73. The lowest BCUT2D eigenvalue weighted by molar-refractivity contribution is 0.0388. The Hall–Kier alpha value is -1.40.